The van der Waals surface area contributed by atoms with E-state index < -0.39 is 10.0 Å². The molecule has 1 rings (SSSR count). The predicted molar refractivity (Wildman–Crippen MR) is 82.6 cm³/mol. The molecule has 1 aromatic heterocycles. The molecule has 0 bridgehead atoms. The first-order chi connectivity index (χ1) is 9.87. The number of hydrogen-bond donors (Lipinski definition) is 2. The van der Waals surface area contributed by atoms with Gasteiger partial charge >= 0.3 is 0 Å². The number of nitrogens with zero attached hydrogens (tertiary/aromatic N) is 1. The van der Waals surface area contributed by atoms with Gasteiger partial charge in [0, 0.05) is 20.2 Å². The topological polar surface area (TPSA) is 86.7 Å². The van der Waals surface area contributed by atoms with Crippen molar-refractivity contribution in [1.29, 1.82) is 0 Å². The maximum absolute atomic E-state index is 12.1. The van der Waals surface area contributed by atoms with Crippen molar-refractivity contribution in [2.45, 2.75) is 24.0 Å². The molecule has 120 valence electrons. The number of amides is 1. The summed E-state index contributed by atoms with van der Waals surface area (Å²) in [5, 5.41) is 13.3. The van der Waals surface area contributed by atoms with Crippen LogP contribution in [0, 0.1) is 5.92 Å². The van der Waals surface area contributed by atoms with Crippen molar-refractivity contribution < 1.29 is 18.3 Å². The highest BCUT2D eigenvalue weighted by molar-refractivity contribution is 7.91. The molecule has 21 heavy (non-hydrogen) atoms. The molecule has 1 aromatic rings. The van der Waals surface area contributed by atoms with Gasteiger partial charge < -0.3 is 10.4 Å². The zero-order chi connectivity index (χ0) is 15.9. The molecular formula is C13H22N2O4S2. The standard InChI is InChI=1S/C13H22N2O4S2/c1-11(10-16)5-3-7-14-12(17)9-15(2)21(18,19)13-6-4-8-20-13/h4,6,8,11,16H,3,5,7,9-10H2,1-2H3,(H,14,17). The van der Waals surface area contributed by atoms with Crippen LogP contribution in [-0.2, 0) is 14.8 Å². The molecule has 1 atom stereocenters. The molecule has 1 amide bonds. The van der Waals surface area contributed by atoms with E-state index in [0.717, 1.165) is 28.5 Å². The van der Waals surface area contributed by atoms with E-state index in [9.17, 15) is 13.2 Å². The second-order valence-electron chi connectivity index (χ2n) is 4.97. The van der Waals surface area contributed by atoms with Gasteiger partial charge in [0.2, 0.25) is 5.91 Å². The molecule has 0 aliphatic rings. The normalized spacial score (nSPS) is 13.3. The SMILES string of the molecule is CC(CO)CCCNC(=O)CN(C)S(=O)(=O)c1cccs1. The average molecular weight is 334 g/mol. The first-order valence-corrected chi connectivity index (χ1v) is 9.07. The average Bonchev–Trinajstić information content (AvgIpc) is 2.97. The first-order valence-electron chi connectivity index (χ1n) is 6.75. The fourth-order valence-corrected chi connectivity index (χ4v) is 4.00. The van der Waals surface area contributed by atoms with Crippen LogP contribution in [0.5, 0.6) is 0 Å². The Morgan fingerprint density at radius 1 is 1.52 bits per heavy atom. The van der Waals surface area contributed by atoms with E-state index in [1.54, 1.807) is 11.4 Å². The summed E-state index contributed by atoms with van der Waals surface area (Å²) in [6, 6.07) is 3.18. The maximum atomic E-state index is 12.1. The molecular weight excluding hydrogens is 312 g/mol. The zero-order valence-electron chi connectivity index (χ0n) is 12.3. The second kappa shape index (κ2) is 8.47. The van der Waals surface area contributed by atoms with Gasteiger partial charge in [-0.05, 0) is 30.2 Å². The summed E-state index contributed by atoms with van der Waals surface area (Å²) in [6.07, 6.45) is 1.58. The largest absolute Gasteiger partial charge is 0.396 e. The molecule has 0 fully saturated rings. The van der Waals surface area contributed by atoms with Gasteiger partial charge in [-0.25, -0.2) is 8.42 Å². The summed E-state index contributed by atoms with van der Waals surface area (Å²) in [5.74, 6) is -0.113. The van der Waals surface area contributed by atoms with Crippen molar-refractivity contribution in [3.8, 4) is 0 Å². The predicted octanol–water partition coefficient (Wildman–Crippen LogP) is 0.893. The summed E-state index contributed by atoms with van der Waals surface area (Å²) < 4.78 is 25.5. The molecule has 0 aromatic carbocycles. The minimum Gasteiger partial charge on any atom is -0.396 e. The zero-order valence-corrected chi connectivity index (χ0v) is 13.9. The van der Waals surface area contributed by atoms with Crippen LogP contribution in [0.15, 0.2) is 21.7 Å². The second-order valence-corrected chi connectivity index (χ2v) is 8.19. The fraction of sp³-hybridized carbons (Fsp3) is 0.615. The lowest BCUT2D eigenvalue weighted by atomic mass is 10.1. The van der Waals surface area contributed by atoms with E-state index in [4.69, 9.17) is 5.11 Å². The number of aliphatic hydroxyl groups is 1. The van der Waals surface area contributed by atoms with Gasteiger partial charge in [0.25, 0.3) is 10.0 Å². The van der Waals surface area contributed by atoms with Crippen LogP contribution in [0.1, 0.15) is 19.8 Å². The Labute approximate surface area is 129 Å². The van der Waals surface area contributed by atoms with Crippen molar-refractivity contribution in [3.05, 3.63) is 17.5 Å². The van der Waals surface area contributed by atoms with Crippen molar-refractivity contribution in [1.82, 2.24) is 9.62 Å². The molecule has 0 saturated heterocycles. The molecule has 8 heteroatoms. The van der Waals surface area contributed by atoms with Crippen molar-refractivity contribution >= 4 is 27.3 Å². The van der Waals surface area contributed by atoms with Gasteiger partial charge in [-0.3, -0.25) is 4.79 Å². The van der Waals surface area contributed by atoms with Crippen molar-refractivity contribution in [2.24, 2.45) is 5.92 Å². The Kier molecular flexibility index (Phi) is 7.30. The lowest BCUT2D eigenvalue weighted by molar-refractivity contribution is -0.121. The number of aliphatic hydroxyl groups excluding tert-OH is 1. The Bertz CT molecular complexity index is 528. The van der Waals surface area contributed by atoms with Crippen LogP contribution >= 0.6 is 11.3 Å². The van der Waals surface area contributed by atoms with Gasteiger partial charge in [-0.2, -0.15) is 4.31 Å². The Morgan fingerprint density at radius 3 is 2.81 bits per heavy atom. The summed E-state index contributed by atoms with van der Waals surface area (Å²) >= 11 is 1.13. The lowest BCUT2D eigenvalue weighted by Gasteiger charge is -2.16. The van der Waals surface area contributed by atoms with Crippen molar-refractivity contribution in [2.75, 3.05) is 26.7 Å². The van der Waals surface area contributed by atoms with Gasteiger partial charge in [0.15, 0.2) is 0 Å². The van der Waals surface area contributed by atoms with Gasteiger partial charge in [-0.15, -0.1) is 11.3 Å². The number of likely N-dealkylation sites (N-methyl/N-ethyl adjacent to an activating group) is 1. The monoisotopic (exact) mass is 334 g/mol. The van der Waals surface area contributed by atoms with Crippen LogP contribution in [0.3, 0.4) is 0 Å². The summed E-state index contributed by atoms with van der Waals surface area (Å²) in [5.41, 5.74) is 0. The number of carbonyl (C=O) groups excluding carboxylic acids is 1. The van der Waals surface area contributed by atoms with Gasteiger partial charge in [0.1, 0.15) is 4.21 Å². The third-order valence-corrected chi connectivity index (χ3v) is 6.21. The van der Waals surface area contributed by atoms with Crippen LogP contribution in [-0.4, -0.2) is 50.5 Å². The quantitative estimate of drug-likeness (QED) is 0.657. The van der Waals surface area contributed by atoms with Crippen LogP contribution < -0.4 is 5.32 Å². The number of nitrogens with one attached hydrogen (secondary N) is 1. The van der Waals surface area contributed by atoms with E-state index in [1.807, 2.05) is 6.92 Å². The number of rotatable bonds is 9. The number of hydrogen-bond acceptors (Lipinski definition) is 5. The molecule has 0 radical (unpaired) electrons. The van der Waals surface area contributed by atoms with Gasteiger partial charge in [-0.1, -0.05) is 13.0 Å². The molecule has 0 aliphatic heterocycles. The Hall–Kier alpha value is -0.960. The molecule has 2 N–H and O–H groups in total. The maximum Gasteiger partial charge on any atom is 0.252 e. The minimum atomic E-state index is -3.58. The smallest absolute Gasteiger partial charge is 0.252 e. The number of sulfonamides is 1. The summed E-state index contributed by atoms with van der Waals surface area (Å²) in [6.45, 7) is 2.35. The minimum absolute atomic E-state index is 0.135. The lowest BCUT2D eigenvalue weighted by Crippen LogP contribution is -2.38. The number of carbonyl (C=O) groups is 1. The van der Waals surface area contributed by atoms with Crippen molar-refractivity contribution in [3.63, 3.8) is 0 Å². The van der Waals surface area contributed by atoms with E-state index in [2.05, 4.69) is 5.32 Å². The highest BCUT2D eigenvalue weighted by Gasteiger charge is 2.23. The van der Waals surface area contributed by atoms with Crippen LogP contribution in [0.25, 0.3) is 0 Å². The first kappa shape index (κ1) is 18.1. The van der Waals surface area contributed by atoms with E-state index in [1.165, 1.54) is 13.1 Å². The molecule has 6 nitrogen and oxygen atoms in total. The third kappa shape index (κ3) is 5.74. The molecule has 1 unspecified atom stereocenters. The Morgan fingerprint density at radius 2 is 2.24 bits per heavy atom. The Balaban J connectivity index is 2.37. The highest BCUT2D eigenvalue weighted by atomic mass is 32.2. The van der Waals surface area contributed by atoms with Crippen LogP contribution in [0.2, 0.25) is 0 Å². The van der Waals surface area contributed by atoms with Gasteiger partial charge in [0.05, 0.1) is 6.54 Å². The van der Waals surface area contributed by atoms with E-state index >= 15 is 0 Å². The molecule has 1 heterocycles. The molecule has 0 spiro atoms. The van der Waals surface area contributed by atoms with E-state index in [-0.39, 0.29) is 29.2 Å². The highest BCUT2D eigenvalue weighted by Crippen LogP contribution is 2.19. The third-order valence-electron chi connectivity index (χ3n) is 3.03. The summed E-state index contributed by atoms with van der Waals surface area (Å²) in [4.78, 5) is 11.7. The fourth-order valence-electron chi connectivity index (χ4n) is 1.68. The van der Waals surface area contributed by atoms with E-state index in [0.29, 0.717) is 6.54 Å². The number of thiophene rings is 1. The molecule has 0 aliphatic carbocycles. The molecule has 0 saturated carbocycles. The van der Waals surface area contributed by atoms with Crippen LogP contribution in [0.4, 0.5) is 0 Å². The summed E-state index contributed by atoms with van der Waals surface area (Å²) in [7, 11) is -2.19.